The van der Waals surface area contributed by atoms with Crippen molar-refractivity contribution >= 4 is 18.1 Å². The Morgan fingerprint density at radius 1 is 1.92 bits per heavy atom. The monoisotopic (exact) mass is 183 g/mol. The Kier molecular flexibility index (Phi) is 3.02. The predicted molar refractivity (Wildman–Crippen MR) is 45.3 cm³/mol. The molecule has 6 heteroatoms. The Morgan fingerprint density at radius 2 is 2.69 bits per heavy atom. The average molecular weight is 183 g/mol. The Bertz CT molecular complexity index is 319. The van der Waals surface area contributed by atoms with Crippen molar-refractivity contribution in [3.05, 3.63) is 11.9 Å². The Balaban J connectivity index is 2.76. The number of carbonyl (C=O) groups is 1. The van der Waals surface area contributed by atoms with E-state index in [1.807, 2.05) is 0 Å². The second-order valence-corrected chi connectivity index (χ2v) is 2.13. The first-order valence-corrected chi connectivity index (χ1v) is 3.66. The minimum atomic E-state index is -1.10. The number of aliphatic imine (C=N–C) groups is 1. The molecule has 0 amide bonds. The van der Waals surface area contributed by atoms with Gasteiger partial charge in [0.1, 0.15) is 5.69 Å². The van der Waals surface area contributed by atoms with Crippen molar-refractivity contribution in [2.75, 3.05) is 6.61 Å². The summed E-state index contributed by atoms with van der Waals surface area (Å²) in [6.45, 7) is 2.29. The Hall–Kier alpha value is -1.85. The third kappa shape index (κ3) is 2.29. The molecule has 1 aromatic heterocycles. The lowest BCUT2D eigenvalue weighted by Crippen LogP contribution is -1.96. The highest BCUT2D eigenvalue weighted by molar-refractivity contribution is 5.91. The van der Waals surface area contributed by atoms with Gasteiger partial charge in [0.2, 0.25) is 0 Å². The fourth-order valence-corrected chi connectivity index (χ4v) is 0.704. The number of hydrogen-bond donors (Lipinski definition) is 2. The fourth-order valence-electron chi connectivity index (χ4n) is 0.704. The standard InChI is InChI=1S/C7H9N3O3/c1-2-13-4-8-5-3-9-10-6(5)7(11)12/h3-4H,2H2,1H3,(H,9,10)(H,11,12)/b8-4+. The van der Waals surface area contributed by atoms with Gasteiger partial charge in [0.25, 0.3) is 0 Å². The molecule has 13 heavy (non-hydrogen) atoms. The molecule has 0 saturated heterocycles. The minimum absolute atomic E-state index is 0.0454. The number of nitrogens with zero attached hydrogens (tertiary/aromatic N) is 2. The molecular weight excluding hydrogens is 174 g/mol. The van der Waals surface area contributed by atoms with Crippen molar-refractivity contribution < 1.29 is 14.6 Å². The molecule has 0 unspecified atom stereocenters. The van der Waals surface area contributed by atoms with Crippen LogP contribution in [0.3, 0.4) is 0 Å². The summed E-state index contributed by atoms with van der Waals surface area (Å²) in [7, 11) is 0. The summed E-state index contributed by atoms with van der Waals surface area (Å²) in [4.78, 5) is 14.3. The molecular formula is C7H9N3O3. The van der Waals surface area contributed by atoms with Crippen LogP contribution in [0.5, 0.6) is 0 Å². The van der Waals surface area contributed by atoms with E-state index < -0.39 is 5.97 Å². The van der Waals surface area contributed by atoms with Gasteiger partial charge in [0.15, 0.2) is 12.1 Å². The van der Waals surface area contributed by atoms with Gasteiger partial charge in [0.05, 0.1) is 12.8 Å². The number of ether oxygens (including phenoxy) is 1. The lowest BCUT2D eigenvalue weighted by molar-refractivity contribution is 0.0691. The zero-order valence-corrected chi connectivity index (χ0v) is 7.02. The molecule has 0 bridgehead atoms. The van der Waals surface area contributed by atoms with Crippen LogP contribution in [0.1, 0.15) is 17.4 Å². The second-order valence-electron chi connectivity index (χ2n) is 2.13. The van der Waals surface area contributed by atoms with Gasteiger partial charge in [-0.15, -0.1) is 0 Å². The van der Waals surface area contributed by atoms with Crippen molar-refractivity contribution in [1.29, 1.82) is 0 Å². The summed E-state index contributed by atoms with van der Waals surface area (Å²) < 4.78 is 4.82. The SMILES string of the molecule is CCO/C=N/c1cn[nH]c1C(=O)O. The van der Waals surface area contributed by atoms with E-state index in [0.29, 0.717) is 6.61 Å². The maximum Gasteiger partial charge on any atom is 0.356 e. The summed E-state index contributed by atoms with van der Waals surface area (Å²) in [6, 6.07) is 0. The molecule has 0 aliphatic rings. The van der Waals surface area contributed by atoms with Crippen molar-refractivity contribution in [2.45, 2.75) is 6.92 Å². The van der Waals surface area contributed by atoms with E-state index in [2.05, 4.69) is 15.2 Å². The third-order valence-electron chi connectivity index (χ3n) is 1.27. The molecule has 0 spiro atoms. The highest BCUT2D eigenvalue weighted by Crippen LogP contribution is 2.14. The van der Waals surface area contributed by atoms with Gasteiger partial charge in [-0.2, -0.15) is 5.10 Å². The van der Waals surface area contributed by atoms with Gasteiger partial charge >= 0.3 is 5.97 Å². The number of aromatic amines is 1. The Labute approximate surface area is 74.3 Å². The zero-order valence-electron chi connectivity index (χ0n) is 7.02. The number of aromatic carboxylic acids is 1. The van der Waals surface area contributed by atoms with Gasteiger partial charge in [-0.3, -0.25) is 5.10 Å². The highest BCUT2D eigenvalue weighted by atomic mass is 16.5. The van der Waals surface area contributed by atoms with Crippen molar-refractivity contribution in [3.63, 3.8) is 0 Å². The number of H-pyrrole nitrogens is 1. The Morgan fingerprint density at radius 3 is 3.31 bits per heavy atom. The summed E-state index contributed by atoms with van der Waals surface area (Å²) in [5.74, 6) is -1.10. The molecule has 1 rings (SSSR count). The lowest BCUT2D eigenvalue weighted by Gasteiger charge is -1.92. The van der Waals surface area contributed by atoms with Crippen molar-refractivity contribution in [2.24, 2.45) is 4.99 Å². The number of carboxylic acid groups (broad SMARTS) is 1. The van der Waals surface area contributed by atoms with Gasteiger partial charge < -0.3 is 9.84 Å². The van der Waals surface area contributed by atoms with Gasteiger partial charge in [-0.05, 0) is 6.92 Å². The van der Waals surface area contributed by atoms with Crippen LogP contribution >= 0.6 is 0 Å². The molecule has 2 N–H and O–H groups in total. The zero-order chi connectivity index (χ0) is 9.68. The molecule has 0 fully saturated rings. The molecule has 0 aromatic carbocycles. The van der Waals surface area contributed by atoms with Crippen LogP contribution in [0.2, 0.25) is 0 Å². The first-order chi connectivity index (χ1) is 6.25. The summed E-state index contributed by atoms with van der Waals surface area (Å²) in [5, 5.41) is 14.5. The molecule has 0 atom stereocenters. The molecule has 1 aromatic rings. The second kappa shape index (κ2) is 4.24. The fraction of sp³-hybridized carbons (Fsp3) is 0.286. The summed E-state index contributed by atoms with van der Waals surface area (Å²) >= 11 is 0. The van der Waals surface area contributed by atoms with E-state index in [4.69, 9.17) is 9.84 Å². The van der Waals surface area contributed by atoms with Gasteiger partial charge in [-0.25, -0.2) is 9.79 Å². The molecule has 70 valence electrons. The van der Waals surface area contributed by atoms with Crippen LogP contribution < -0.4 is 0 Å². The number of rotatable bonds is 4. The normalized spacial score (nSPS) is 10.5. The van der Waals surface area contributed by atoms with E-state index in [-0.39, 0.29) is 11.4 Å². The van der Waals surface area contributed by atoms with Crippen LogP contribution in [0.15, 0.2) is 11.2 Å². The first-order valence-electron chi connectivity index (χ1n) is 3.66. The summed E-state index contributed by atoms with van der Waals surface area (Å²) in [5.41, 5.74) is 0.205. The highest BCUT2D eigenvalue weighted by Gasteiger charge is 2.10. The number of hydrogen-bond acceptors (Lipinski definition) is 4. The molecule has 0 aliphatic carbocycles. The van der Waals surface area contributed by atoms with Crippen LogP contribution in [-0.4, -0.2) is 34.3 Å². The number of aromatic nitrogens is 2. The predicted octanol–water partition coefficient (Wildman–Crippen LogP) is 0.804. The molecule has 1 heterocycles. The lowest BCUT2D eigenvalue weighted by atomic mass is 10.4. The van der Waals surface area contributed by atoms with Crippen LogP contribution in [0.4, 0.5) is 5.69 Å². The quantitative estimate of drug-likeness (QED) is 0.534. The van der Waals surface area contributed by atoms with E-state index in [9.17, 15) is 4.79 Å². The van der Waals surface area contributed by atoms with E-state index >= 15 is 0 Å². The minimum Gasteiger partial charge on any atom is -0.483 e. The van der Waals surface area contributed by atoms with E-state index in [1.54, 1.807) is 6.92 Å². The van der Waals surface area contributed by atoms with Crippen molar-refractivity contribution in [3.8, 4) is 0 Å². The molecule has 0 aliphatic heterocycles. The van der Waals surface area contributed by atoms with Crippen LogP contribution in [0, 0.1) is 0 Å². The van der Waals surface area contributed by atoms with E-state index in [1.165, 1.54) is 12.6 Å². The van der Waals surface area contributed by atoms with E-state index in [0.717, 1.165) is 0 Å². The first kappa shape index (κ1) is 9.24. The smallest absolute Gasteiger partial charge is 0.356 e. The molecule has 0 radical (unpaired) electrons. The average Bonchev–Trinajstić information content (AvgIpc) is 2.53. The maximum absolute atomic E-state index is 10.5. The largest absolute Gasteiger partial charge is 0.483 e. The maximum atomic E-state index is 10.5. The third-order valence-corrected chi connectivity index (χ3v) is 1.27. The van der Waals surface area contributed by atoms with Crippen molar-refractivity contribution in [1.82, 2.24) is 10.2 Å². The van der Waals surface area contributed by atoms with Crippen LogP contribution in [-0.2, 0) is 4.74 Å². The van der Waals surface area contributed by atoms with Crippen LogP contribution in [0.25, 0.3) is 0 Å². The summed E-state index contributed by atoms with van der Waals surface area (Å²) in [6.07, 6.45) is 2.51. The van der Waals surface area contributed by atoms with Gasteiger partial charge in [-0.1, -0.05) is 0 Å². The number of nitrogens with one attached hydrogen (secondary N) is 1. The number of carboxylic acids is 1. The molecule has 6 nitrogen and oxygen atoms in total. The molecule has 0 saturated carbocycles. The topological polar surface area (TPSA) is 87.6 Å². The van der Waals surface area contributed by atoms with Gasteiger partial charge in [0, 0.05) is 0 Å².